The predicted molar refractivity (Wildman–Crippen MR) is 118 cm³/mol. The average molecular weight is 414 g/mol. The fourth-order valence-electron chi connectivity index (χ4n) is 3.82. The molecule has 3 N–H and O–H groups in total. The number of rotatable bonds is 8. The van der Waals surface area contributed by atoms with Crippen molar-refractivity contribution >= 4 is 5.96 Å². The summed E-state index contributed by atoms with van der Waals surface area (Å²) in [5, 5.41) is 17.7. The maximum atomic E-state index is 11.1. The van der Waals surface area contributed by atoms with Crippen LogP contribution in [-0.4, -0.2) is 45.5 Å². The van der Waals surface area contributed by atoms with E-state index in [1.54, 1.807) is 21.3 Å². The van der Waals surface area contributed by atoms with Gasteiger partial charge in [0.1, 0.15) is 5.60 Å². The lowest BCUT2D eigenvalue weighted by Crippen LogP contribution is -2.45. The van der Waals surface area contributed by atoms with Gasteiger partial charge in [0.2, 0.25) is 5.75 Å². The van der Waals surface area contributed by atoms with Gasteiger partial charge in [0.15, 0.2) is 17.5 Å². The molecule has 1 unspecified atom stereocenters. The second-order valence-corrected chi connectivity index (χ2v) is 7.27. The van der Waals surface area contributed by atoms with Crippen LogP contribution in [0.2, 0.25) is 0 Å². The Balaban J connectivity index is 1.74. The third kappa shape index (κ3) is 4.62. The molecular weight excluding hydrogens is 382 g/mol. The summed E-state index contributed by atoms with van der Waals surface area (Å²) >= 11 is 0. The number of methoxy groups -OCH3 is 3. The molecule has 0 radical (unpaired) electrons. The molecule has 2 aromatic carbocycles. The van der Waals surface area contributed by atoms with Gasteiger partial charge in [0.05, 0.1) is 34.4 Å². The van der Waals surface area contributed by atoms with Gasteiger partial charge in [-0.05, 0) is 48.6 Å². The normalized spacial score (nSPS) is 18.0. The molecule has 0 heterocycles. The lowest BCUT2D eigenvalue weighted by atomic mass is 9.96. The third-order valence-electron chi connectivity index (χ3n) is 5.36. The summed E-state index contributed by atoms with van der Waals surface area (Å²) in [5.41, 5.74) is 2.24. The second-order valence-electron chi connectivity index (χ2n) is 7.27. The van der Waals surface area contributed by atoms with E-state index in [0.717, 1.165) is 24.1 Å². The monoisotopic (exact) mass is 413 g/mol. The maximum absolute atomic E-state index is 11.1. The van der Waals surface area contributed by atoms with Crippen molar-refractivity contribution in [2.24, 2.45) is 4.99 Å². The van der Waals surface area contributed by atoms with Crippen LogP contribution in [0.4, 0.5) is 0 Å². The van der Waals surface area contributed by atoms with E-state index >= 15 is 0 Å². The minimum atomic E-state index is -0.890. The molecule has 1 aliphatic rings. The van der Waals surface area contributed by atoms with Gasteiger partial charge >= 0.3 is 0 Å². The summed E-state index contributed by atoms with van der Waals surface area (Å²) in [6, 6.07) is 11.8. The summed E-state index contributed by atoms with van der Waals surface area (Å²) in [7, 11) is 4.77. The number of guanidine groups is 1. The molecule has 0 fully saturated rings. The molecule has 7 nitrogen and oxygen atoms in total. The van der Waals surface area contributed by atoms with Crippen LogP contribution in [0, 0.1) is 0 Å². The first-order valence-corrected chi connectivity index (χ1v) is 10.2. The minimum Gasteiger partial charge on any atom is -0.493 e. The van der Waals surface area contributed by atoms with Gasteiger partial charge in [-0.1, -0.05) is 24.3 Å². The maximum Gasteiger partial charge on any atom is 0.203 e. The van der Waals surface area contributed by atoms with Crippen LogP contribution in [-0.2, 0) is 18.6 Å². The average Bonchev–Trinajstić information content (AvgIpc) is 3.12. The highest BCUT2D eigenvalue weighted by molar-refractivity contribution is 5.80. The van der Waals surface area contributed by atoms with Gasteiger partial charge < -0.3 is 30.0 Å². The number of aliphatic imine (C=N–C) groups is 1. The first kappa shape index (κ1) is 21.8. The van der Waals surface area contributed by atoms with Crippen LogP contribution in [0.3, 0.4) is 0 Å². The van der Waals surface area contributed by atoms with Crippen LogP contribution in [0.5, 0.6) is 17.2 Å². The number of nitrogens with zero attached hydrogens (tertiary/aromatic N) is 1. The van der Waals surface area contributed by atoms with E-state index in [4.69, 9.17) is 14.2 Å². The zero-order chi connectivity index (χ0) is 21.6. The Labute approximate surface area is 178 Å². The van der Waals surface area contributed by atoms with Crippen LogP contribution < -0.4 is 24.8 Å². The molecule has 0 saturated carbocycles. The summed E-state index contributed by atoms with van der Waals surface area (Å²) < 4.78 is 16.2. The zero-order valence-electron chi connectivity index (χ0n) is 18.1. The highest BCUT2D eigenvalue weighted by Crippen LogP contribution is 2.38. The molecule has 1 atom stereocenters. The van der Waals surface area contributed by atoms with E-state index in [1.807, 2.05) is 37.3 Å². The fourth-order valence-corrected chi connectivity index (χ4v) is 3.82. The number of nitrogens with one attached hydrogen (secondary N) is 2. The van der Waals surface area contributed by atoms with Crippen LogP contribution >= 0.6 is 0 Å². The Hall–Kier alpha value is -2.93. The van der Waals surface area contributed by atoms with E-state index in [0.29, 0.717) is 42.7 Å². The van der Waals surface area contributed by atoms with Crippen LogP contribution in [0.1, 0.15) is 30.0 Å². The van der Waals surface area contributed by atoms with Gasteiger partial charge in [-0.3, -0.25) is 0 Å². The molecular formula is C23H31N3O4. The number of ether oxygens (including phenoxy) is 3. The Morgan fingerprint density at radius 1 is 1.07 bits per heavy atom. The topological polar surface area (TPSA) is 84.3 Å². The van der Waals surface area contributed by atoms with Gasteiger partial charge in [-0.15, -0.1) is 0 Å². The number of benzene rings is 2. The van der Waals surface area contributed by atoms with E-state index in [-0.39, 0.29) is 0 Å². The Kier molecular flexibility index (Phi) is 7.05. The summed E-state index contributed by atoms with van der Waals surface area (Å²) in [6.45, 7) is 3.54. The standard InChI is InChI=1S/C23H31N3O4/c1-5-24-22(26-15-23(27)11-10-17-8-6-7-9-18(17)23)25-14-16-12-19(28-2)21(30-4)20(13-16)29-3/h6-9,12-13,27H,5,10-11,14-15H2,1-4H3,(H2,24,25,26). The van der Waals surface area contributed by atoms with Crippen molar-refractivity contribution in [2.75, 3.05) is 34.4 Å². The van der Waals surface area contributed by atoms with Crippen molar-refractivity contribution in [3.8, 4) is 17.2 Å². The minimum absolute atomic E-state index is 0.394. The molecule has 0 aromatic heterocycles. The first-order chi connectivity index (χ1) is 14.5. The molecule has 3 rings (SSSR count). The Bertz CT molecular complexity index is 875. The van der Waals surface area contributed by atoms with Crippen molar-refractivity contribution in [1.82, 2.24) is 10.6 Å². The molecule has 0 bridgehead atoms. The van der Waals surface area contributed by atoms with E-state index in [1.165, 1.54) is 5.56 Å². The van der Waals surface area contributed by atoms with Crippen molar-refractivity contribution in [3.63, 3.8) is 0 Å². The smallest absolute Gasteiger partial charge is 0.203 e. The second kappa shape index (κ2) is 9.71. The fraction of sp³-hybridized carbons (Fsp3) is 0.435. The van der Waals surface area contributed by atoms with Crippen molar-refractivity contribution in [3.05, 3.63) is 53.1 Å². The molecule has 0 saturated heterocycles. The van der Waals surface area contributed by atoms with Crippen LogP contribution in [0.15, 0.2) is 41.4 Å². The number of aliphatic hydroxyl groups is 1. The zero-order valence-corrected chi connectivity index (χ0v) is 18.1. The molecule has 30 heavy (non-hydrogen) atoms. The molecule has 7 heteroatoms. The number of hydrogen-bond acceptors (Lipinski definition) is 5. The quantitative estimate of drug-likeness (QED) is 0.456. The molecule has 0 spiro atoms. The number of aryl methyl sites for hydroxylation is 1. The van der Waals surface area contributed by atoms with E-state index in [9.17, 15) is 5.11 Å². The van der Waals surface area contributed by atoms with Crippen molar-refractivity contribution in [1.29, 1.82) is 0 Å². The van der Waals surface area contributed by atoms with Crippen molar-refractivity contribution in [2.45, 2.75) is 31.9 Å². The first-order valence-electron chi connectivity index (χ1n) is 10.2. The predicted octanol–water partition coefficient (Wildman–Crippen LogP) is 2.60. The third-order valence-corrected chi connectivity index (χ3v) is 5.36. The summed E-state index contributed by atoms with van der Waals surface area (Å²) in [4.78, 5) is 4.67. The molecule has 0 amide bonds. The SMILES string of the molecule is CCNC(=NCc1cc(OC)c(OC)c(OC)c1)NCC1(O)CCc2ccccc21. The van der Waals surface area contributed by atoms with Crippen molar-refractivity contribution < 1.29 is 19.3 Å². The Morgan fingerprint density at radius 2 is 1.77 bits per heavy atom. The lowest BCUT2D eigenvalue weighted by Gasteiger charge is -2.25. The molecule has 0 aliphatic heterocycles. The van der Waals surface area contributed by atoms with Gasteiger partial charge in [-0.2, -0.15) is 0 Å². The van der Waals surface area contributed by atoms with E-state index < -0.39 is 5.60 Å². The van der Waals surface area contributed by atoms with Gasteiger partial charge in [-0.25, -0.2) is 4.99 Å². The summed E-state index contributed by atoms with van der Waals surface area (Å²) in [5.74, 6) is 2.39. The molecule has 162 valence electrons. The van der Waals surface area contributed by atoms with E-state index in [2.05, 4.69) is 21.7 Å². The van der Waals surface area contributed by atoms with Crippen LogP contribution in [0.25, 0.3) is 0 Å². The lowest BCUT2D eigenvalue weighted by molar-refractivity contribution is 0.0432. The number of hydrogen-bond donors (Lipinski definition) is 3. The number of fused-ring (bicyclic) bond motifs is 1. The highest BCUT2D eigenvalue weighted by Gasteiger charge is 2.36. The van der Waals surface area contributed by atoms with Gasteiger partial charge in [0.25, 0.3) is 0 Å². The Morgan fingerprint density at radius 3 is 2.40 bits per heavy atom. The largest absolute Gasteiger partial charge is 0.493 e. The van der Waals surface area contributed by atoms with Gasteiger partial charge in [0, 0.05) is 6.54 Å². The molecule has 1 aliphatic carbocycles. The summed E-state index contributed by atoms with van der Waals surface area (Å²) in [6.07, 6.45) is 1.58. The molecule has 2 aromatic rings. The highest BCUT2D eigenvalue weighted by atomic mass is 16.5.